The highest BCUT2D eigenvalue weighted by molar-refractivity contribution is 5.62. The van der Waals surface area contributed by atoms with Crippen molar-refractivity contribution in [1.29, 1.82) is 0 Å². The van der Waals surface area contributed by atoms with E-state index in [1.165, 1.54) is 6.07 Å². The summed E-state index contributed by atoms with van der Waals surface area (Å²) in [5, 5.41) is 10.7. The zero-order valence-electron chi connectivity index (χ0n) is 10.3. The van der Waals surface area contributed by atoms with E-state index in [1.54, 1.807) is 6.07 Å². The largest absolute Gasteiger partial charge is 0.393 e. The van der Waals surface area contributed by atoms with Crippen LogP contribution in [-0.2, 0) is 6.54 Å². The lowest BCUT2D eigenvalue weighted by Crippen LogP contribution is -2.19. The Hall–Kier alpha value is -1.62. The second-order valence-electron chi connectivity index (χ2n) is 4.20. The van der Waals surface area contributed by atoms with E-state index in [-0.39, 0.29) is 11.4 Å². The van der Waals surface area contributed by atoms with E-state index in [2.05, 4.69) is 11.8 Å². The second-order valence-corrected chi connectivity index (χ2v) is 4.20. The van der Waals surface area contributed by atoms with Crippen molar-refractivity contribution in [1.82, 2.24) is 4.90 Å². The number of nitrogens with zero attached hydrogens (tertiary/aromatic N) is 2. The summed E-state index contributed by atoms with van der Waals surface area (Å²) in [5.74, 6) is 0. The highest BCUT2D eigenvalue weighted by atomic mass is 16.6. The van der Waals surface area contributed by atoms with Crippen LogP contribution in [0, 0.1) is 10.1 Å². The molecular weight excluding hydrogens is 218 g/mol. The van der Waals surface area contributed by atoms with Crippen LogP contribution in [-0.4, -0.2) is 23.4 Å². The lowest BCUT2D eigenvalue weighted by molar-refractivity contribution is -0.384. The van der Waals surface area contributed by atoms with Gasteiger partial charge in [-0.1, -0.05) is 25.5 Å². The van der Waals surface area contributed by atoms with Crippen molar-refractivity contribution in [3.8, 4) is 0 Å². The fourth-order valence-corrected chi connectivity index (χ4v) is 1.69. The van der Waals surface area contributed by atoms with Gasteiger partial charge in [-0.15, -0.1) is 0 Å². The Morgan fingerprint density at radius 3 is 2.76 bits per heavy atom. The van der Waals surface area contributed by atoms with Crippen molar-refractivity contribution in [2.24, 2.45) is 0 Å². The fraction of sp³-hybridized carbons (Fsp3) is 0.500. The van der Waals surface area contributed by atoms with E-state index in [1.807, 2.05) is 13.1 Å². The van der Waals surface area contributed by atoms with Crippen LogP contribution < -0.4 is 5.73 Å². The zero-order valence-corrected chi connectivity index (χ0v) is 10.3. The number of hydrogen-bond donors (Lipinski definition) is 1. The first kappa shape index (κ1) is 13.4. The summed E-state index contributed by atoms with van der Waals surface area (Å²) in [6, 6.07) is 4.95. The summed E-state index contributed by atoms with van der Waals surface area (Å²) in [5.41, 5.74) is 6.88. The standard InChI is InChI=1S/C12H19N3O2/c1-3-4-8-14(2)9-10-6-5-7-11(12(10)13)15(16)17/h5-7H,3-4,8-9,13H2,1-2H3. The molecule has 0 amide bonds. The third-order valence-electron chi connectivity index (χ3n) is 2.70. The van der Waals surface area contributed by atoms with E-state index in [4.69, 9.17) is 5.73 Å². The molecule has 0 saturated carbocycles. The Bertz CT molecular complexity index is 393. The number of hydrogen-bond acceptors (Lipinski definition) is 4. The third-order valence-corrected chi connectivity index (χ3v) is 2.70. The van der Waals surface area contributed by atoms with Gasteiger partial charge in [-0.3, -0.25) is 10.1 Å². The molecule has 5 heteroatoms. The molecule has 0 unspecified atom stereocenters. The first-order valence-corrected chi connectivity index (χ1v) is 5.76. The number of anilines is 1. The molecule has 1 rings (SSSR count). The van der Waals surface area contributed by atoms with Crippen LogP contribution >= 0.6 is 0 Å². The van der Waals surface area contributed by atoms with E-state index in [9.17, 15) is 10.1 Å². The summed E-state index contributed by atoms with van der Waals surface area (Å²) in [7, 11) is 1.99. The average Bonchev–Trinajstić information content (AvgIpc) is 2.28. The number of benzene rings is 1. The van der Waals surface area contributed by atoms with Crippen LogP contribution in [0.5, 0.6) is 0 Å². The molecule has 5 nitrogen and oxygen atoms in total. The molecule has 0 heterocycles. The Morgan fingerprint density at radius 1 is 1.47 bits per heavy atom. The molecule has 1 aromatic carbocycles. The Kier molecular flexibility index (Phi) is 4.90. The molecule has 94 valence electrons. The number of rotatable bonds is 6. The predicted octanol–water partition coefficient (Wildman–Crippen LogP) is 2.41. The molecule has 1 aromatic rings. The van der Waals surface area contributed by atoms with Crippen LogP contribution in [0.2, 0.25) is 0 Å². The number of nitrogens with two attached hydrogens (primary N) is 1. The van der Waals surface area contributed by atoms with Crippen LogP contribution in [0.15, 0.2) is 18.2 Å². The SMILES string of the molecule is CCCCN(C)Cc1cccc([N+](=O)[O-])c1N. The number of nitro benzene ring substituents is 1. The Labute approximate surface area is 101 Å². The molecule has 0 saturated heterocycles. The molecule has 2 N–H and O–H groups in total. The molecule has 0 fully saturated rings. The van der Waals surface area contributed by atoms with Gasteiger partial charge < -0.3 is 10.6 Å². The number of unbranched alkanes of at least 4 members (excludes halogenated alkanes) is 1. The number of nitrogen functional groups attached to an aromatic ring is 1. The van der Waals surface area contributed by atoms with E-state index in [0.717, 1.165) is 24.9 Å². The smallest absolute Gasteiger partial charge is 0.292 e. The Morgan fingerprint density at radius 2 is 2.18 bits per heavy atom. The molecule has 0 radical (unpaired) electrons. The van der Waals surface area contributed by atoms with Crippen molar-refractivity contribution in [2.45, 2.75) is 26.3 Å². The van der Waals surface area contributed by atoms with Gasteiger partial charge in [-0.25, -0.2) is 0 Å². The topological polar surface area (TPSA) is 72.4 Å². The summed E-state index contributed by atoms with van der Waals surface area (Å²) in [6.45, 7) is 3.75. The first-order valence-electron chi connectivity index (χ1n) is 5.76. The summed E-state index contributed by atoms with van der Waals surface area (Å²) in [6.07, 6.45) is 2.25. The van der Waals surface area contributed by atoms with Crippen molar-refractivity contribution in [3.63, 3.8) is 0 Å². The molecule has 17 heavy (non-hydrogen) atoms. The maximum Gasteiger partial charge on any atom is 0.292 e. The van der Waals surface area contributed by atoms with Crippen LogP contribution in [0.3, 0.4) is 0 Å². The fourth-order valence-electron chi connectivity index (χ4n) is 1.69. The number of nitro groups is 1. The number of para-hydroxylation sites is 1. The quantitative estimate of drug-likeness (QED) is 0.468. The highest BCUT2D eigenvalue weighted by Gasteiger charge is 2.14. The lowest BCUT2D eigenvalue weighted by Gasteiger charge is -2.17. The van der Waals surface area contributed by atoms with Crippen LogP contribution in [0.4, 0.5) is 11.4 Å². The summed E-state index contributed by atoms with van der Waals surface area (Å²) < 4.78 is 0. The Balaban J connectivity index is 2.77. The van der Waals surface area contributed by atoms with Gasteiger partial charge >= 0.3 is 0 Å². The summed E-state index contributed by atoms with van der Waals surface area (Å²) >= 11 is 0. The minimum absolute atomic E-state index is 0.00797. The van der Waals surface area contributed by atoms with Gasteiger partial charge in [0.1, 0.15) is 5.69 Å². The van der Waals surface area contributed by atoms with Gasteiger partial charge in [-0.2, -0.15) is 0 Å². The van der Waals surface area contributed by atoms with Crippen molar-refractivity contribution >= 4 is 11.4 Å². The maximum atomic E-state index is 10.7. The molecule has 0 aliphatic heterocycles. The predicted molar refractivity (Wildman–Crippen MR) is 68.8 cm³/mol. The van der Waals surface area contributed by atoms with Crippen molar-refractivity contribution < 1.29 is 4.92 Å². The van der Waals surface area contributed by atoms with Crippen LogP contribution in [0.1, 0.15) is 25.3 Å². The van der Waals surface area contributed by atoms with Crippen molar-refractivity contribution in [3.05, 3.63) is 33.9 Å². The molecular formula is C12H19N3O2. The molecule has 0 spiro atoms. The second kappa shape index (κ2) is 6.20. The molecule has 0 aliphatic carbocycles. The molecule has 0 aromatic heterocycles. The first-order chi connectivity index (χ1) is 8.06. The van der Waals surface area contributed by atoms with Crippen LogP contribution in [0.25, 0.3) is 0 Å². The third kappa shape index (κ3) is 3.71. The van der Waals surface area contributed by atoms with Gasteiger partial charge in [0.2, 0.25) is 0 Å². The lowest BCUT2D eigenvalue weighted by atomic mass is 10.1. The molecule has 0 atom stereocenters. The van der Waals surface area contributed by atoms with Gasteiger partial charge in [-0.05, 0) is 25.6 Å². The zero-order chi connectivity index (χ0) is 12.8. The minimum Gasteiger partial charge on any atom is -0.393 e. The van der Waals surface area contributed by atoms with Gasteiger partial charge in [0, 0.05) is 12.6 Å². The van der Waals surface area contributed by atoms with E-state index < -0.39 is 4.92 Å². The van der Waals surface area contributed by atoms with Gasteiger partial charge in [0.15, 0.2) is 0 Å². The van der Waals surface area contributed by atoms with E-state index >= 15 is 0 Å². The minimum atomic E-state index is -0.440. The van der Waals surface area contributed by atoms with Crippen molar-refractivity contribution in [2.75, 3.05) is 19.3 Å². The average molecular weight is 237 g/mol. The normalized spacial score (nSPS) is 10.8. The molecule has 0 bridgehead atoms. The highest BCUT2D eigenvalue weighted by Crippen LogP contribution is 2.25. The van der Waals surface area contributed by atoms with E-state index in [0.29, 0.717) is 6.54 Å². The monoisotopic (exact) mass is 237 g/mol. The molecule has 0 aliphatic rings. The van der Waals surface area contributed by atoms with Gasteiger partial charge in [0.05, 0.1) is 4.92 Å². The summed E-state index contributed by atoms with van der Waals surface area (Å²) in [4.78, 5) is 12.4. The maximum absolute atomic E-state index is 10.7. The van der Waals surface area contributed by atoms with Gasteiger partial charge in [0.25, 0.3) is 5.69 Å².